The monoisotopic (exact) mass is 321 g/mol. The van der Waals surface area contributed by atoms with E-state index in [-0.39, 0.29) is 12.0 Å². The number of anilines is 1. The fraction of sp³-hybridized carbons (Fsp3) is 0.632. The number of aryl methyl sites for hydroxylation is 1. The lowest BCUT2D eigenvalue weighted by Crippen LogP contribution is -2.42. The summed E-state index contributed by atoms with van der Waals surface area (Å²) in [7, 11) is 0. The number of benzene rings is 1. The van der Waals surface area contributed by atoms with Crippen LogP contribution in [0.2, 0.25) is 0 Å². The van der Waals surface area contributed by atoms with Crippen molar-refractivity contribution in [2.75, 3.05) is 11.9 Å². The highest BCUT2D eigenvalue weighted by Gasteiger charge is 2.32. The molecule has 0 saturated heterocycles. The lowest BCUT2D eigenvalue weighted by atomic mass is 9.99. The molecule has 0 aromatic heterocycles. The van der Waals surface area contributed by atoms with E-state index in [4.69, 9.17) is 9.47 Å². The predicted molar refractivity (Wildman–Crippen MR) is 95.1 cm³/mol. The number of carbonyl (C=O) groups is 1. The van der Waals surface area contributed by atoms with Crippen molar-refractivity contribution < 1.29 is 14.3 Å². The number of rotatable bonds is 9. The standard InChI is InChI=1S/C19H31NO3/c1-7-12-19(6,22-9-3)18(21)20-16-10-11-17(14(4)13-16)23-15(5)8-2/h10-11,13,15H,7-9,12H2,1-6H3,(H,20,21)/t15-,19-/m1/s1. The number of hydrogen-bond donors (Lipinski definition) is 1. The molecule has 1 N–H and O–H groups in total. The maximum atomic E-state index is 12.6. The molecule has 1 aromatic rings. The van der Waals surface area contributed by atoms with Gasteiger partial charge in [-0.2, -0.15) is 0 Å². The van der Waals surface area contributed by atoms with Crippen LogP contribution in [-0.2, 0) is 9.53 Å². The quantitative estimate of drug-likeness (QED) is 0.717. The van der Waals surface area contributed by atoms with E-state index < -0.39 is 5.60 Å². The lowest BCUT2D eigenvalue weighted by molar-refractivity contribution is -0.139. The first-order valence-corrected chi connectivity index (χ1v) is 8.59. The summed E-state index contributed by atoms with van der Waals surface area (Å²) in [6, 6.07) is 5.73. The SMILES string of the molecule is CCC[C@@](C)(OCC)C(=O)Nc1ccc(O[C@H](C)CC)c(C)c1. The Morgan fingerprint density at radius 3 is 2.52 bits per heavy atom. The molecule has 4 nitrogen and oxygen atoms in total. The second-order valence-electron chi connectivity index (χ2n) is 6.18. The molecule has 0 aliphatic carbocycles. The number of nitrogens with one attached hydrogen (secondary N) is 1. The zero-order valence-corrected chi connectivity index (χ0v) is 15.4. The number of amides is 1. The molecule has 0 bridgehead atoms. The van der Waals surface area contributed by atoms with E-state index in [9.17, 15) is 4.79 Å². The Morgan fingerprint density at radius 2 is 2.00 bits per heavy atom. The van der Waals surface area contributed by atoms with E-state index in [1.54, 1.807) is 0 Å². The molecular formula is C19H31NO3. The van der Waals surface area contributed by atoms with E-state index in [1.807, 2.05) is 45.9 Å². The third-order valence-corrected chi connectivity index (χ3v) is 4.01. The van der Waals surface area contributed by atoms with Crippen LogP contribution >= 0.6 is 0 Å². The van der Waals surface area contributed by atoms with Crippen LogP contribution in [0.5, 0.6) is 5.75 Å². The molecule has 1 amide bonds. The van der Waals surface area contributed by atoms with Crippen molar-refractivity contribution in [1.29, 1.82) is 0 Å². The third-order valence-electron chi connectivity index (χ3n) is 4.01. The lowest BCUT2D eigenvalue weighted by Gasteiger charge is -2.28. The molecule has 0 unspecified atom stereocenters. The van der Waals surface area contributed by atoms with Crippen molar-refractivity contribution in [3.63, 3.8) is 0 Å². The van der Waals surface area contributed by atoms with Gasteiger partial charge in [0.2, 0.25) is 0 Å². The van der Waals surface area contributed by atoms with Crippen LogP contribution in [-0.4, -0.2) is 24.2 Å². The van der Waals surface area contributed by atoms with Crippen LogP contribution in [0.25, 0.3) is 0 Å². The predicted octanol–water partition coefficient (Wildman–Crippen LogP) is 4.71. The Labute approximate surface area is 140 Å². The van der Waals surface area contributed by atoms with Gasteiger partial charge in [0, 0.05) is 12.3 Å². The Morgan fingerprint density at radius 1 is 1.30 bits per heavy atom. The van der Waals surface area contributed by atoms with E-state index in [2.05, 4.69) is 19.2 Å². The van der Waals surface area contributed by atoms with Gasteiger partial charge in [-0.05, 0) is 64.3 Å². The largest absolute Gasteiger partial charge is 0.490 e. The van der Waals surface area contributed by atoms with E-state index in [0.717, 1.165) is 29.8 Å². The maximum Gasteiger partial charge on any atom is 0.256 e. The summed E-state index contributed by atoms with van der Waals surface area (Å²) in [6.07, 6.45) is 2.73. The first-order chi connectivity index (χ1) is 10.9. The zero-order valence-electron chi connectivity index (χ0n) is 15.4. The van der Waals surface area contributed by atoms with Gasteiger partial charge < -0.3 is 14.8 Å². The van der Waals surface area contributed by atoms with Crippen molar-refractivity contribution in [2.24, 2.45) is 0 Å². The van der Waals surface area contributed by atoms with Crippen molar-refractivity contribution in [2.45, 2.75) is 72.5 Å². The first kappa shape index (κ1) is 19.5. The zero-order chi connectivity index (χ0) is 17.5. The van der Waals surface area contributed by atoms with Crippen LogP contribution < -0.4 is 10.1 Å². The minimum atomic E-state index is -0.788. The van der Waals surface area contributed by atoms with Crippen LogP contribution in [0.1, 0.15) is 59.4 Å². The molecule has 0 aliphatic rings. The molecule has 0 aliphatic heterocycles. The summed E-state index contributed by atoms with van der Waals surface area (Å²) in [6.45, 7) is 12.5. The average Bonchev–Trinajstić information content (AvgIpc) is 2.50. The minimum Gasteiger partial charge on any atom is -0.490 e. The van der Waals surface area contributed by atoms with Gasteiger partial charge in [0.05, 0.1) is 6.10 Å². The molecule has 0 heterocycles. The number of carbonyl (C=O) groups excluding carboxylic acids is 1. The van der Waals surface area contributed by atoms with E-state index in [1.165, 1.54) is 0 Å². The Bertz CT molecular complexity index is 507. The molecule has 0 spiro atoms. The summed E-state index contributed by atoms with van der Waals surface area (Å²) in [4.78, 5) is 12.6. The highest BCUT2D eigenvalue weighted by Crippen LogP contribution is 2.25. The van der Waals surface area contributed by atoms with Gasteiger partial charge in [-0.25, -0.2) is 0 Å². The van der Waals surface area contributed by atoms with Crippen molar-refractivity contribution in [3.8, 4) is 5.75 Å². The Kier molecular flexibility index (Phi) is 7.56. The van der Waals surface area contributed by atoms with Gasteiger partial charge in [-0.15, -0.1) is 0 Å². The number of hydrogen-bond acceptors (Lipinski definition) is 3. The second kappa shape index (κ2) is 8.92. The average molecular weight is 321 g/mol. The molecular weight excluding hydrogens is 290 g/mol. The second-order valence-corrected chi connectivity index (χ2v) is 6.18. The summed E-state index contributed by atoms with van der Waals surface area (Å²) < 4.78 is 11.5. The third kappa shape index (κ3) is 5.54. The summed E-state index contributed by atoms with van der Waals surface area (Å²) in [5.41, 5.74) is 0.992. The molecule has 0 saturated carbocycles. The Hall–Kier alpha value is -1.55. The van der Waals surface area contributed by atoms with Gasteiger partial charge in [-0.1, -0.05) is 20.3 Å². The highest BCUT2D eigenvalue weighted by molar-refractivity contribution is 5.97. The van der Waals surface area contributed by atoms with Crippen molar-refractivity contribution in [1.82, 2.24) is 0 Å². The molecule has 130 valence electrons. The summed E-state index contributed by atoms with van der Waals surface area (Å²) >= 11 is 0. The van der Waals surface area contributed by atoms with Gasteiger partial charge in [-0.3, -0.25) is 4.79 Å². The van der Waals surface area contributed by atoms with Crippen LogP contribution in [0.4, 0.5) is 5.69 Å². The van der Waals surface area contributed by atoms with Gasteiger partial charge >= 0.3 is 0 Å². The van der Waals surface area contributed by atoms with Crippen molar-refractivity contribution in [3.05, 3.63) is 23.8 Å². The molecule has 4 heteroatoms. The van der Waals surface area contributed by atoms with Crippen LogP contribution in [0.15, 0.2) is 18.2 Å². The van der Waals surface area contributed by atoms with Crippen LogP contribution in [0, 0.1) is 6.92 Å². The topological polar surface area (TPSA) is 47.6 Å². The molecule has 1 aromatic carbocycles. The molecule has 1 rings (SSSR count). The van der Waals surface area contributed by atoms with Gasteiger partial charge in [0.15, 0.2) is 0 Å². The summed E-state index contributed by atoms with van der Waals surface area (Å²) in [5.74, 6) is 0.759. The number of ether oxygens (including phenoxy) is 2. The molecule has 2 atom stereocenters. The van der Waals surface area contributed by atoms with E-state index in [0.29, 0.717) is 13.0 Å². The van der Waals surface area contributed by atoms with E-state index >= 15 is 0 Å². The van der Waals surface area contributed by atoms with Crippen LogP contribution in [0.3, 0.4) is 0 Å². The fourth-order valence-corrected chi connectivity index (χ4v) is 2.47. The van der Waals surface area contributed by atoms with Gasteiger partial charge in [0.1, 0.15) is 11.4 Å². The molecule has 0 radical (unpaired) electrons. The highest BCUT2D eigenvalue weighted by atomic mass is 16.5. The molecule has 0 fully saturated rings. The normalized spacial score (nSPS) is 14.9. The fourth-order valence-electron chi connectivity index (χ4n) is 2.47. The first-order valence-electron chi connectivity index (χ1n) is 8.59. The maximum absolute atomic E-state index is 12.6. The minimum absolute atomic E-state index is 0.101. The Balaban J connectivity index is 2.84. The summed E-state index contributed by atoms with van der Waals surface area (Å²) in [5, 5.41) is 2.97. The van der Waals surface area contributed by atoms with Crippen molar-refractivity contribution >= 4 is 11.6 Å². The molecule has 23 heavy (non-hydrogen) atoms. The van der Waals surface area contributed by atoms with Gasteiger partial charge in [0.25, 0.3) is 5.91 Å². The smallest absolute Gasteiger partial charge is 0.256 e.